The van der Waals surface area contributed by atoms with Gasteiger partial charge in [0.2, 0.25) is 23.9 Å². The Hall–Kier alpha value is -3.01. The Morgan fingerprint density at radius 3 is 2.43 bits per heavy atom. The van der Waals surface area contributed by atoms with Crippen molar-refractivity contribution in [3.05, 3.63) is 22.7 Å². The maximum Gasteiger partial charge on any atom is 0.351 e. The van der Waals surface area contributed by atoms with Gasteiger partial charge in [-0.15, -0.1) is 0 Å². The number of carbonyl (C=O) groups is 3. The third-order valence-corrected chi connectivity index (χ3v) is 3.99. The largest absolute Gasteiger partial charge is 0.394 e. The van der Waals surface area contributed by atoms with Gasteiger partial charge in [0.25, 0.3) is 0 Å². The van der Waals surface area contributed by atoms with Crippen molar-refractivity contribution in [2.75, 3.05) is 31.6 Å². The van der Waals surface area contributed by atoms with Crippen molar-refractivity contribution in [3.8, 4) is 0 Å². The number of hydrogen-bond acceptors (Lipinski definition) is 9. The molecule has 3 amide bonds. The van der Waals surface area contributed by atoms with Crippen LogP contribution in [0.15, 0.2) is 17.1 Å². The highest BCUT2D eigenvalue weighted by Crippen LogP contribution is 2.41. The Kier molecular flexibility index (Phi) is 7.49. The summed E-state index contributed by atoms with van der Waals surface area (Å²) in [5, 5.41) is 25.1. The number of alkyl halides is 2. The van der Waals surface area contributed by atoms with E-state index < -0.39 is 67.5 Å². The number of aliphatic hydroxyl groups excluding tert-OH is 2. The second kappa shape index (κ2) is 9.66. The highest BCUT2D eigenvalue weighted by Gasteiger charge is 2.59. The smallest absolute Gasteiger partial charge is 0.351 e. The minimum absolute atomic E-state index is 0.285. The summed E-state index contributed by atoms with van der Waals surface area (Å²) >= 11 is 0. The molecule has 1 aliphatic heterocycles. The highest BCUT2D eigenvalue weighted by molar-refractivity contribution is 5.94. The normalized spacial score (nSPS) is 22.4. The number of rotatable bonds is 8. The molecule has 0 aromatic carbocycles. The van der Waals surface area contributed by atoms with Crippen molar-refractivity contribution in [1.29, 1.82) is 0 Å². The van der Waals surface area contributed by atoms with E-state index in [-0.39, 0.29) is 12.4 Å². The van der Waals surface area contributed by atoms with E-state index in [1.165, 1.54) is 0 Å². The third kappa shape index (κ3) is 5.32. The highest BCUT2D eigenvalue weighted by atomic mass is 19.3. The first-order chi connectivity index (χ1) is 14.1. The lowest BCUT2D eigenvalue weighted by Gasteiger charge is -2.21. The van der Waals surface area contributed by atoms with Crippen LogP contribution in [-0.2, 0) is 19.1 Å². The van der Waals surface area contributed by atoms with Gasteiger partial charge in [0.15, 0.2) is 6.10 Å². The van der Waals surface area contributed by atoms with Gasteiger partial charge in [0.1, 0.15) is 11.9 Å². The number of hydrogen-bond donors (Lipinski definition) is 6. The molecular weight excluding hydrogens is 414 g/mol. The fourth-order valence-corrected chi connectivity index (χ4v) is 2.46. The van der Waals surface area contributed by atoms with Gasteiger partial charge in [-0.25, -0.2) is 4.79 Å². The summed E-state index contributed by atoms with van der Waals surface area (Å²) in [6, 6.07) is 1.03. The van der Waals surface area contributed by atoms with Crippen LogP contribution in [0.3, 0.4) is 0 Å². The van der Waals surface area contributed by atoms with E-state index in [1.807, 2.05) is 0 Å². The first kappa shape index (κ1) is 23.3. The molecule has 1 saturated heterocycles. The Bertz CT molecular complexity index is 864. The van der Waals surface area contributed by atoms with Crippen LogP contribution in [0, 0.1) is 0 Å². The number of amides is 3. The maximum absolute atomic E-state index is 14.1. The molecule has 2 heterocycles. The van der Waals surface area contributed by atoms with Crippen LogP contribution in [0.1, 0.15) is 6.23 Å². The van der Waals surface area contributed by atoms with E-state index in [2.05, 4.69) is 20.9 Å². The summed E-state index contributed by atoms with van der Waals surface area (Å²) in [5.41, 5.74) is 3.84. The third-order valence-electron chi connectivity index (χ3n) is 3.99. The van der Waals surface area contributed by atoms with E-state index in [0.717, 1.165) is 12.3 Å². The molecule has 0 radical (unpaired) electrons. The summed E-state index contributed by atoms with van der Waals surface area (Å²) < 4.78 is 33.5. The van der Waals surface area contributed by atoms with Crippen LogP contribution in [0.2, 0.25) is 0 Å². The maximum atomic E-state index is 14.1. The number of nitrogens with zero attached hydrogens (tertiary/aromatic N) is 2. The van der Waals surface area contributed by atoms with Crippen LogP contribution < -0.4 is 27.4 Å². The molecule has 1 aromatic heterocycles. The molecule has 0 aliphatic carbocycles. The zero-order chi connectivity index (χ0) is 22.5. The molecule has 15 heteroatoms. The number of ether oxygens (including phenoxy) is 1. The first-order valence-corrected chi connectivity index (χ1v) is 8.54. The molecular formula is C15H20F2N6O7. The Labute approximate surface area is 167 Å². The van der Waals surface area contributed by atoms with Gasteiger partial charge >= 0.3 is 11.6 Å². The van der Waals surface area contributed by atoms with Crippen LogP contribution in [0.25, 0.3) is 0 Å². The van der Waals surface area contributed by atoms with Crippen molar-refractivity contribution in [3.63, 3.8) is 0 Å². The van der Waals surface area contributed by atoms with E-state index in [9.17, 15) is 33.1 Å². The quantitative estimate of drug-likeness (QED) is 0.238. The van der Waals surface area contributed by atoms with E-state index in [1.54, 1.807) is 0 Å². The van der Waals surface area contributed by atoms with E-state index >= 15 is 0 Å². The van der Waals surface area contributed by atoms with Gasteiger partial charge in [0, 0.05) is 6.20 Å². The summed E-state index contributed by atoms with van der Waals surface area (Å²) in [6.07, 6.45) is -5.24. The fraction of sp³-hybridized carbons (Fsp3) is 0.533. The zero-order valence-corrected chi connectivity index (χ0v) is 15.4. The zero-order valence-electron chi connectivity index (χ0n) is 15.4. The number of aromatic nitrogens is 2. The standard InChI is InChI=1S/C15H20F2N6O7/c16-15(17)12(28)7(6-24)30-13(15)23-2-1-8(22-14(23)29)21-11(27)5-20-10(26)4-19-9(25)3-18/h1-2,7,12-13,24,28H,3-6,18H2,(H,19,25)(H,20,26)(H,21,22,27,29)/t7-,12-,13-/m1/s1. The molecule has 0 spiro atoms. The molecule has 2 rings (SSSR count). The number of halogens is 2. The van der Waals surface area contributed by atoms with Gasteiger partial charge in [-0.1, -0.05) is 0 Å². The summed E-state index contributed by atoms with van der Waals surface area (Å²) in [4.78, 5) is 49.7. The number of nitrogens with two attached hydrogens (primary N) is 1. The topological polar surface area (TPSA) is 198 Å². The lowest BCUT2D eigenvalue weighted by molar-refractivity contribution is -0.141. The summed E-state index contributed by atoms with van der Waals surface area (Å²) in [7, 11) is 0. The molecule has 1 aromatic rings. The van der Waals surface area contributed by atoms with Gasteiger partial charge in [-0.05, 0) is 6.07 Å². The molecule has 13 nitrogen and oxygen atoms in total. The van der Waals surface area contributed by atoms with Crippen molar-refractivity contribution >= 4 is 23.5 Å². The van der Waals surface area contributed by atoms with Crippen molar-refractivity contribution < 1.29 is 38.1 Å². The summed E-state index contributed by atoms with van der Waals surface area (Å²) in [6.45, 7) is -2.10. The molecule has 0 unspecified atom stereocenters. The number of nitrogens with one attached hydrogen (secondary N) is 3. The monoisotopic (exact) mass is 434 g/mol. The number of anilines is 1. The van der Waals surface area contributed by atoms with Crippen LogP contribution in [0.5, 0.6) is 0 Å². The second-order valence-electron chi connectivity index (χ2n) is 6.14. The number of aliphatic hydroxyl groups is 2. The lowest BCUT2D eigenvalue weighted by Crippen LogP contribution is -2.42. The fourth-order valence-electron chi connectivity index (χ4n) is 2.46. The molecule has 3 atom stereocenters. The molecule has 0 saturated carbocycles. The van der Waals surface area contributed by atoms with Crippen LogP contribution >= 0.6 is 0 Å². The molecule has 30 heavy (non-hydrogen) atoms. The van der Waals surface area contributed by atoms with Gasteiger partial charge in [-0.3, -0.25) is 19.0 Å². The molecule has 1 aliphatic rings. The average molecular weight is 434 g/mol. The molecule has 166 valence electrons. The lowest BCUT2D eigenvalue weighted by atomic mass is 10.1. The second-order valence-corrected chi connectivity index (χ2v) is 6.14. The molecule has 1 fully saturated rings. The van der Waals surface area contributed by atoms with Crippen molar-refractivity contribution in [1.82, 2.24) is 20.2 Å². The van der Waals surface area contributed by atoms with Gasteiger partial charge in [-0.2, -0.15) is 13.8 Å². The molecule has 0 bridgehead atoms. The number of carbonyl (C=O) groups excluding carboxylic acids is 3. The first-order valence-electron chi connectivity index (χ1n) is 8.54. The summed E-state index contributed by atoms with van der Waals surface area (Å²) in [5.74, 6) is -6.17. The minimum atomic E-state index is -3.87. The van der Waals surface area contributed by atoms with Gasteiger partial charge in [0.05, 0.1) is 26.2 Å². The average Bonchev–Trinajstić information content (AvgIpc) is 2.93. The van der Waals surface area contributed by atoms with E-state index in [0.29, 0.717) is 4.57 Å². The van der Waals surface area contributed by atoms with Gasteiger partial charge < -0.3 is 36.6 Å². The SMILES string of the molecule is NCC(=O)NCC(=O)NCC(=O)Nc1ccn([C@@H]2O[C@H](CO)[C@@H](O)C2(F)F)c(=O)n1. The Morgan fingerprint density at radius 1 is 1.23 bits per heavy atom. The molecule has 7 N–H and O–H groups in total. The predicted molar refractivity (Wildman–Crippen MR) is 94.2 cm³/mol. The Balaban J connectivity index is 1.96. The van der Waals surface area contributed by atoms with Crippen molar-refractivity contribution in [2.24, 2.45) is 5.73 Å². The Morgan fingerprint density at radius 2 is 1.87 bits per heavy atom. The van der Waals surface area contributed by atoms with Crippen molar-refractivity contribution in [2.45, 2.75) is 24.4 Å². The van der Waals surface area contributed by atoms with E-state index in [4.69, 9.17) is 15.6 Å². The predicted octanol–water partition coefficient (Wildman–Crippen LogP) is -3.74. The van der Waals surface area contributed by atoms with Crippen LogP contribution in [0.4, 0.5) is 14.6 Å². The van der Waals surface area contributed by atoms with Crippen LogP contribution in [-0.4, -0.2) is 81.9 Å². The minimum Gasteiger partial charge on any atom is -0.394 e.